The number of aromatic nitrogens is 5. The summed E-state index contributed by atoms with van der Waals surface area (Å²) in [5.41, 5.74) is 1.74. The van der Waals surface area contributed by atoms with E-state index in [2.05, 4.69) is 27.0 Å². The van der Waals surface area contributed by atoms with Gasteiger partial charge in [0.15, 0.2) is 5.82 Å². The summed E-state index contributed by atoms with van der Waals surface area (Å²) in [6.07, 6.45) is 5.87. The van der Waals surface area contributed by atoms with E-state index in [9.17, 15) is 9.59 Å². The van der Waals surface area contributed by atoms with Gasteiger partial charge in [-0.25, -0.2) is 9.79 Å². The fourth-order valence-corrected chi connectivity index (χ4v) is 4.46. The van der Waals surface area contributed by atoms with Crippen molar-refractivity contribution in [2.75, 3.05) is 0 Å². The normalized spacial score (nSPS) is 12.9. The Bertz CT molecular complexity index is 1490. The third-order valence-corrected chi connectivity index (χ3v) is 6.30. The summed E-state index contributed by atoms with van der Waals surface area (Å²) in [6.45, 7) is 2.90. The van der Waals surface area contributed by atoms with E-state index in [1.165, 1.54) is 4.57 Å². The van der Waals surface area contributed by atoms with Gasteiger partial charge in [0.2, 0.25) is 0 Å². The number of aromatic amines is 1. The molecule has 0 amide bonds. The lowest BCUT2D eigenvalue weighted by Crippen LogP contribution is -2.41. The predicted octanol–water partition coefficient (Wildman–Crippen LogP) is 4.19. The Morgan fingerprint density at radius 1 is 1.12 bits per heavy atom. The van der Waals surface area contributed by atoms with E-state index in [0.717, 1.165) is 29.3 Å². The maximum atomic E-state index is 13.0. The molecule has 3 aromatic heterocycles. The Morgan fingerprint density at radius 3 is 2.82 bits per heavy atom. The molecule has 34 heavy (non-hydrogen) atoms. The second-order valence-electron chi connectivity index (χ2n) is 8.46. The van der Waals surface area contributed by atoms with Gasteiger partial charge in [-0.15, -0.1) is 0 Å². The lowest BCUT2D eigenvalue weighted by atomic mass is 10.1. The number of aliphatic imine (C=N–C) groups is 1. The molecule has 9 nitrogen and oxygen atoms in total. The molecule has 0 bridgehead atoms. The topological polar surface area (TPSA) is 111 Å². The van der Waals surface area contributed by atoms with Crippen LogP contribution in [0.25, 0.3) is 22.4 Å². The first-order valence-electron chi connectivity index (χ1n) is 11.5. The molecule has 0 aliphatic carbocycles. The van der Waals surface area contributed by atoms with Crippen LogP contribution in [-0.4, -0.2) is 29.4 Å². The standard InChI is InChI=1S/C24H25ClN6O3/c1-2-3-11-30-21-17(14-19(25)27-21)23(32)31(24(30)33)12-5-4-6-20-28-22(34-29-20)16-8-7-15-9-10-26-18(15)13-16/h7-10,13,26H,2-6,11-12,14H2,1H3. The highest BCUT2D eigenvalue weighted by atomic mass is 35.5. The van der Waals surface area contributed by atoms with Crippen LogP contribution >= 0.6 is 11.6 Å². The largest absolute Gasteiger partial charge is 0.361 e. The third kappa shape index (κ3) is 4.23. The zero-order chi connectivity index (χ0) is 23.7. The molecule has 4 aromatic rings. The zero-order valence-electron chi connectivity index (χ0n) is 18.9. The molecule has 0 saturated carbocycles. The minimum atomic E-state index is -0.325. The lowest BCUT2D eigenvalue weighted by molar-refractivity contribution is 0.420. The number of hydrogen-bond acceptors (Lipinski definition) is 6. The van der Waals surface area contributed by atoms with E-state index in [-0.39, 0.29) is 17.7 Å². The third-order valence-electron chi connectivity index (χ3n) is 6.08. The summed E-state index contributed by atoms with van der Waals surface area (Å²) in [7, 11) is 0. The molecular formula is C24H25ClN6O3. The van der Waals surface area contributed by atoms with Crippen LogP contribution in [0.5, 0.6) is 0 Å². The lowest BCUT2D eigenvalue weighted by Gasteiger charge is -2.13. The molecule has 1 N–H and O–H groups in total. The number of halogens is 1. The first-order chi connectivity index (χ1) is 16.5. The number of hydrogen-bond donors (Lipinski definition) is 1. The van der Waals surface area contributed by atoms with Crippen LogP contribution in [0.4, 0.5) is 5.82 Å². The van der Waals surface area contributed by atoms with Crippen LogP contribution in [0, 0.1) is 0 Å². The molecule has 1 aliphatic rings. The minimum absolute atomic E-state index is 0.280. The Morgan fingerprint density at radius 2 is 1.97 bits per heavy atom. The number of aryl methyl sites for hydroxylation is 1. The number of rotatable bonds is 9. The van der Waals surface area contributed by atoms with Crippen LogP contribution in [0.3, 0.4) is 0 Å². The smallest absolute Gasteiger partial charge is 0.332 e. The Balaban J connectivity index is 1.26. The first-order valence-corrected chi connectivity index (χ1v) is 11.9. The van der Waals surface area contributed by atoms with E-state index >= 15 is 0 Å². The SMILES string of the molecule is CCCCn1c2c(c(=O)n(CCCCc3noc(-c4ccc5cc[nH]c5c4)n3)c1=O)CC(Cl)=N2. The molecular weight excluding hydrogens is 456 g/mol. The highest BCUT2D eigenvalue weighted by molar-refractivity contribution is 6.66. The van der Waals surface area contributed by atoms with Crippen molar-refractivity contribution in [1.29, 1.82) is 0 Å². The molecule has 0 unspecified atom stereocenters. The molecule has 0 radical (unpaired) electrons. The molecule has 1 aromatic carbocycles. The second-order valence-corrected chi connectivity index (χ2v) is 8.90. The molecule has 10 heteroatoms. The van der Waals surface area contributed by atoms with Gasteiger partial charge < -0.3 is 9.51 Å². The average Bonchev–Trinajstić information content (AvgIpc) is 3.57. The van der Waals surface area contributed by atoms with Gasteiger partial charge in [-0.05, 0) is 42.8 Å². The van der Waals surface area contributed by atoms with Gasteiger partial charge in [0.05, 0.1) is 5.56 Å². The molecule has 1 aliphatic heterocycles. The summed E-state index contributed by atoms with van der Waals surface area (Å²) in [5, 5.41) is 5.55. The molecule has 0 saturated heterocycles. The molecule has 176 valence electrons. The zero-order valence-corrected chi connectivity index (χ0v) is 19.6. The number of benzene rings is 1. The van der Waals surface area contributed by atoms with Gasteiger partial charge in [0, 0.05) is 43.2 Å². The summed E-state index contributed by atoms with van der Waals surface area (Å²) in [4.78, 5) is 37.9. The van der Waals surface area contributed by atoms with E-state index in [4.69, 9.17) is 16.1 Å². The molecule has 0 fully saturated rings. The molecule has 5 rings (SSSR count). The van der Waals surface area contributed by atoms with Gasteiger partial charge in [0.1, 0.15) is 11.0 Å². The summed E-state index contributed by atoms with van der Waals surface area (Å²) < 4.78 is 8.33. The van der Waals surface area contributed by atoms with E-state index in [1.807, 2.05) is 30.5 Å². The van der Waals surface area contributed by atoms with Crippen molar-refractivity contribution in [3.63, 3.8) is 0 Å². The average molecular weight is 481 g/mol. The van der Waals surface area contributed by atoms with Gasteiger partial charge >= 0.3 is 5.69 Å². The number of nitrogens with zero attached hydrogens (tertiary/aromatic N) is 5. The van der Waals surface area contributed by atoms with E-state index in [0.29, 0.717) is 60.6 Å². The Kier molecular flexibility index (Phi) is 6.19. The number of nitrogens with one attached hydrogen (secondary N) is 1. The van der Waals surface area contributed by atoms with Crippen LogP contribution in [0.1, 0.15) is 44.0 Å². The van der Waals surface area contributed by atoms with Crippen molar-refractivity contribution in [2.24, 2.45) is 4.99 Å². The maximum absolute atomic E-state index is 13.0. The summed E-state index contributed by atoms with van der Waals surface area (Å²) >= 11 is 6.09. The number of H-pyrrole nitrogens is 1. The van der Waals surface area contributed by atoms with Crippen molar-refractivity contribution in [1.82, 2.24) is 24.3 Å². The van der Waals surface area contributed by atoms with Crippen LogP contribution < -0.4 is 11.2 Å². The minimum Gasteiger partial charge on any atom is -0.361 e. The van der Waals surface area contributed by atoms with Gasteiger partial charge in [0.25, 0.3) is 11.4 Å². The Hall–Kier alpha value is -3.46. The monoisotopic (exact) mass is 480 g/mol. The van der Waals surface area contributed by atoms with Crippen molar-refractivity contribution in [2.45, 2.75) is 58.5 Å². The Labute approximate surface area is 200 Å². The van der Waals surface area contributed by atoms with Gasteiger partial charge in [-0.2, -0.15) is 4.98 Å². The summed E-state index contributed by atoms with van der Waals surface area (Å²) in [5.74, 6) is 1.49. The highest BCUT2D eigenvalue weighted by Crippen LogP contribution is 2.25. The summed E-state index contributed by atoms with van der Waals surface area (Å²) in [6, 6.07) is 7.94. The number of fused-ring (bicyclic) bond motifs is 2. The van der Waals surface area contributed by atoms with Crippen LogP contribution in [0.2, 0.25) is 0 Å². The fraction of sp³-hybridized carbons (Fsp3) is 0.375. The van der Waals surface area contributed by atoms with Crippen molar-refractivity contribution < 1.29 is 4.52 Å². The van der Waals surface area contributed by atoms with Gasteiger partial charge in [-0.1, -0.05) is 36.2 Å². The molecule has 4 heterocycles. The fourth-order valence-electron chi connectivity index (χ4n) is 4.25. The van der Waals surface area contributed by atoms with Crippen molar-refractivity contribution >= 4 is 33.5 Å². The van der Waals surface area contributed by atoms with E-state index in [1.54, 1.807) is 4.57 Å². The quantitative estimate of drug-likeness (QED) is 0.361. The molecule has 0 spiro atoms. The van der Waals surface area contributed by atoms with Crippen molar-refractivity contribution in [3.05, 3.63) is 62.7 Å². The second kappa shape index (κ2) is 9.42. The van der Waals surface area contributed by atoms with Crippen LogP contribution in [0.15, 0.2) is 49.6 Å². The predicted molar refractivity (Wildman–Crippen MR) is 131 cm³/mol. The molecule has 0 atom stereocenters. The first kappa shape index (κ1) is 22.3. The van der Waals surface area contributed by atoms with Crippen LogP contribution in [-0.2, 0) is 25.9 Å². The number of unbranched alkanes of at least 4 members (excludes halogenated alkanes) is 2. The van der Waals surface area contributed by atoms with Gasteiger partial charge in [-0.3, -0.25) is 13.9 Å². The maximum Gasteiger partial charge on any atom is 0.332 e. The highest BCUT2D eigenvalue weighted by Gasteiger charge is 2.24. The van der Waals surface area contributed by atoms with E-state index < -0.39 is 0 Å². The van der Waals surface area contributed by atoms with Crippen molar-refractivity contribution in [3.8, 4) is 11.5 Å².